The first-order chi connectivity index (χ1) is 18.2. The molecule has 0 unspecified atom stereocenters. The maximum Gasteiger partial charge on any atom is 0.573 e. The van der Waals surface area contributed by atoms with Gasteiger partial charge in [0, 0.05) is 24.2 Å². The van der Waals surface area contributed by atoms with Gasteiger partial charge in [-0.3, -0.25) is 19.5 Å². The number of aliphatic hydroxyl groups is 1. The van der Waals surface area contributed by atoms with Crippen LogP contribution < -0.4 is 15.4 Å². The highest BCUT2D eigenvalue weighted by Crippen LogP contribution is 2.31. The van der Waals surface area contributed by atoms with Crippen molar-refractivity contribution in [1.29, 1.82) is 0 Å². The van der Waals surface area contributed by atoms with Gasteiger partial charge >= 0.3 is 6.36 Å². The number of amides is 2. The van der Waals surface area contributed by atoms with E-state index in [1.54, 1.807) is 29.2 Å². The summed E-state index contributed by atoms with van der Waals surface area (Å²) in [5.74, 6) is -1.81. The number of rotatable bonds is 8. The van der Waals surface area contributed by atoms with Gasteiger partial charge in [0.25, 0.3) is 5.91 Å². The number of halogens is 3. The van der Waals surface area contributed by atoms with Gasteiger partial charge < -0.3 is 25.2 Å². The van der Waals surface area contributed by atoms with E-state index in [0.29, 0.717) is 37.7 Å². The fourth-order valence-corrected chi connectivity index (χ4v) is 3.76. The number of carbonyl (C=O) groups excluding carboxylic acids is 2. The van der Waals surface area contributed by atoms with E-state index in [2.05, 4.69) is 20.4 Å². The molecule has 2 aromatic carbocycles. The van der Waals surface area contributed by atoms with Crippen molar-refractivity contribution in [2.24, 2.45) is 0 Å². The highest BCUT2D eigenvalue weighted by atomic mass is 19.4. The normalized spacial score (nSPS) is 14.1. The molecule has 2 heterocycles. The molecule has 1 aliphatic rings. The van der Waals surface area contributed by atoms with Gasteiger partial charge in [-0.05, 0) is 35.9 Å². The Hall–Kier alpha value is -4.00. The van der Waals surface area contributed by atoms with E-state index < -0.39 is 23.9 Å². The fraction of sp³-hybridized carbons (Fsp3) is 0.269. The molecule has 0 aliphatic carbocycles. The summed E-state index contributed by atoms with van der Waals surface area (Å²) in [4.78, 5) is 31.5. The summed E-state index contributed by atoms with van der Waals surface area (Å²) in [6.45, 7) is 1.83. The molecule has 1 saturated heterocycles. The molecule has 1 aliphatic heterocycles. The zero-order valence-corrected chi connectivity index (χ0v) is 20.1. The van der Waals surface area contributed by atoms with Crippen molar-refractivity contribution in [2.75, 3.05) is 43.5 Å². The van der Waals surface area contributed by atoms with Gasteiger partial charge in [-0.2, -0.15) is 0 Å². The summed E-state index contributed by atoms with van der Waals surface area (Å²) in [5, 5.41) is 14.2. The molecule has 38 heavy (non-hydrogen) atoms. The molecule has 2 amide bonds. The maximum atomic E-state index is 12.9. The first kappa shape index (κ1) is 27.0. The number of aliphatic hydroxyl groups excluding tert-OH is 1. The second kappa shape index (κ2) is 12.0. The van der Waals surface area contributed by atoms with Crippen LogP contribution in [0.5, 0.6) is 5.75 Å². The quantitative estimate of drug-likeness (QED) is 0.408. The summed E-state index contributed by atoms with van der Waals surface area (Å²) >= 11 is 0. The minimum atomic E-state index is -4.99. The Kier molecular flexibility index (Phi) is 8.56. The largest absolute Gasteiger partial charge is 0.573 e. The van der Waals surface area contributed by atoms with Gasteiger partial charge in [-0.15, -0.1) is 13.2 Å². The minimum absolute atomic E-state index is 0.00451. The molecule has 0 bridgehead atoms. The van der Waals surface area contributed by atoms with Gasteiger partial charge in [0.2, 0.25) is 5.91 Å². The van der Waals surface area contributed by atoms with Crippen LogP contribution in [0.2, 0.25) is 0 Å². The van der Waals surface area contributed by atoms with Crippen molar-refractivity contribution >= 4 is 23.2 Å². The van der Waals surface area contributed by atoms with Crippen LogP contribution >= 0.6 is 0 Å². The Morgan fingerprint density at radius 2 is 1.76 bits per heavy atom. The Morgan fingerprint density at radius 1 is 1.03 bits per heavy atom. The maximum absolute atomic E-state index is 12.9. The van der Waals surface area contributed by atoms with Crippen molar-refractivity contribution < 1.29 is 37.3 Å². The number of anilines is 2. The smallest absolute Gasteiger partial charge is 0.404 e. The molecule has 0 spiro atoms. The molecule has 3 N–H and O–H groups in total. The Labute approximate surface area is 216 Å². The number of nitrogens with one attached hydrogen (secondary N) is 2. The van der Waals surface area contributed by atoms with Gasteiger partial charge in [-0.1, -0.05) is 24.3 Å². The number of alkyl halides is 3. The van der Waals surface area contributed by atoms with Gasteiger partial charge in [0.1, 0.15) is 0 Å². The molecule has 4 rings (SSSR count). The summed E-state index contributed by atoms with van der Waals surface area (Å²) in [7, 11) is 0. The third kappa shape index (κ3) is 7.51. The Morgan fingerprint density at radius 3 is 2.39 bits per heavy atom. The van der Waals surface area contributed by atoms with E-state index in [1.807, 2.05) is 12.1 Å². The van der Waals surface area contributed by atoms with Crippen molar-refractivity contribution in [1.82, 2.24) is 9.88 Å². The molecular formula is C26H25F3N4O5. The molecule has 9 nitrogen and oxygen atoms in total. The third-order valence-corrected chi connectivity index (χ3v) is 5.67. The molecule has 200 valence electrons. The first-order valence-electron chi connectivity index (χ1n) is 11.7. The summed E-state index contributed by atoms with van der Waals surface area (Å²) in [6, 6.07) is 13.8. The number of benzene rings is 2. The lowest BCUT2D eigenvalue weighted by Gasteiger charge is -2.26. The predicted octanol–water partition coefficient (Wildman–Crippen LogP) is 3.66. The molecule has 0 atom stereocenters. The predicted molar refractivity (Wildman–Crippen MR) is 133 cm³/mol. The van der Waals surface area contributed by atoms with Crippen molar-refractivity contribution in [3.63, 3.8) is 0 Å². The lowest BCUT2D eigenvalue weighted by molar-refractivity contribution is -0.274. The lowest BCUT2D eigenvalue weighted by Crippen LogP contribution is -2.41. The number of ether oxygens (including phenoxy) is 2. The lowest BCUT2D eigenvalue weighted by atomic mass is 10.1. The molecule has 1 fully saturated rings. The number of hydrogen-bond acceptors (Lipinski definition) is 7. The van der Waals surface area contributed by atoms with E-state index in [1.165, 1.54) is 12.3 Å². The van der Waals surface area contributed by atoms with E-state index >= 15 is 0 Å². The van der Waals surface area contributed by atoms with Crippen LogP contribution in [0.4, 0.5) is 24.5 Å². The average Bonchev–Trinajstić information content (AvgIpc) is 2.90. The third-order valence-electron chi connectivity index (χ3n) is 5.67. The zero-order valence-electron chi connectivity index (χ0n) is 20.1. The SMILES string of the molecule is O=C(CN1CCOCC1)Nc1cc(C(=O)Nc2ccc(-c3ccc(CO)cc3)nc2)ccc1OC(F)(F)F. The summed E-state index contributed by atoms with van der Waals surface area (Å²) < 4.78 is 48.0. The standard InChI is InChI=1S/C26H25F3N4O5/c27-26(28,29)38-23-8-5-19(13-22(23)32-24(35)15-33-9-11-37-12-10-33)25(36)31-20-6-7-21(30-14-20)18-3-1-17(16-34)2-4-18/h1-8,13-14,34H,9-12,15-16H2,(H,31,36)(H,32,35). The topological polar surface area (TPSA) is 113 Å². The van der Waals surface area contributed by atoms with Gasteiger partial charge in [0.05, 0.1) is 49.6 Å². The average molecular weight is 531 g/mol. The first-order valence-corrected chi connectivity index (χ1v) is 11.7. The molecule has 0 radical (unpaired) electrons. The van der Waals surface area contributed by atoms with E-state index in [-0.39, 0.29) is 24.4 Å². The summed E-state index contributed by atoms with van der Waals surface area (Å²) in [5.41, 5.74) is 2.31. The highest BCUT2D eigenvalue weighted by Gasteiger charge is 2.32. The number of carbonyl (C=O) groups is 2. The molecule has 1 aromatic heterocycles. The number of morpholine rings is 1. The molecular weight excluding hydrogens is 505 g/mol. The second-order valence-corrected chi connectivity index (χ2v) is 8.44. The van der Waals surface area contributed by atoms with Crippen LogP contribution in [0.15, 0.2) is 60.8 Å². The van der Waals surface area contributed by atoms with Crippen LogP contribution in [-0.2, 0) is 16.1 Å². The van der Waals surface area contributed by atoms with Crippen molar-refractivity contribution in [3.05, 3.63) is 71.9 Å². The molecule has 3 aromatic rings. The van der Waals surface area contributed by atoms with E-state index in [0.717, 1.165) is 23.3 Å². The Bertz CT molecular complexity index is 1260. The van der Waals surface area contributed by atoms with Crippen molar-refractivity contribution in [2.45, 2.75) is 13.0 Å². The van der Waals surface area contributed by atoms with Gasteiger partial charge in [-0.25, -0.2) is 0 Å². The van der Waals surface area contributed by atoms with Crippen LogP contribution in [0.25, 0.3) is 11.3 Å². The zero-order chi connectivity index (χ0) is 27.1. The molecule has 12 heteroatoms. The van der Waals surface area contributed by atoms with E-state index in [9.17, 15) is 22.8 Å². The van der Waals surface area contributed by atoms with Crippen LogP contribution in [0.3, 0.4) is 0 Å². The van der Waals surface area contributed by atoms with Crippen molar-refractivity contribution in [3.8, 4) is 17.0 Å². The number of nitrogens with zero attached hydrogens (tertiary/aromatic N) is 2. The van der Waals surface area contributed by atoms with Gasteiger partial charge in [0.15, 0.2) is 5.75 Å². The van der Waals surface area contributed by atoms with E-state index in [4.69, 9.17) is 9.84 Å². The fourth-order valence-electron chi connectivity index (χ4n) is 3.76. The highest BCUT2D eigenvalue weighted by molar-refractivity contribution is 6.06. The minimum Gasteiger partial charge on any atom is -0.404 e. The number of hydrogen-bond donors (Lipinski definition) is 3. The number of pyridine rings is 1. The van der Waals surface area contributed by atoms with Crippen LogP contribution in [0.1, 0.15) is 15.9 Å². The monoisotopic (exact) mass is 530 g/mol. The van der Waals surface area contributed by atoms with Crippen LogP contribution in [-0.4, -0.2) is 66.0 Å². The molecule has 0 saturated carbocycles. The number of aromatic nitrogens is 1. The second-order valence-electron chi connectivity index (χ2n) is 8.44. The summed E-state index contributed by atoms with van der Waals surface area (Å²) in [6.07, 6.45) is -3.54. The van der Waals surface area contributed by atoms with Crippen LogP contribution in [0, 0.1) is 0 Å². The Balaban J connectivity index is 1.47.